The smallest absolute Gasteiger partial charge is 0.125 e. The number of rotatable bonds is 4. The Hall–Kier alpha value is -1.39. The molecule has 0 spiro atoms. The van der Waals surface area contributed by atoms with Crippen LogP contribution in [0.15, 0.2) is 24.4 Å². The summed E-state index contributed by atoms with van der Waals surface area (Å²) in [7, 11) is 0. The molecule has 3 rings (SSSR count). The van der Waals surface area contributed by atoms with Crippen molar-refractivity contribution in [2.75, 3.05) is 0 Å². The van der Waals surface area contributed by atoms with Crippen molar-refractivity contribution in [3.05, 3.63) is 45.7 Å². The average Bonchev–Trinajstić information content (AvgIpc) is 3.03. The third-order valence-electron chi connectivity index (χ3n) is 3.35. The standard InChI is InChI=1S/C15H16ClN3S/c1-3-11-8-17-15(20-11)9-19-13-5-4-10(2)6-12(13)18-14(19)7-16/h4-6,8H,3,7,9H2,1-2H3. The van der Waals surface area contributed by atoms with Crippen LogP contribution in [0.2, 0.25) is 0 Å². The second kappa shape index (κ2) is 5.54. The predicted octanol–water partition coefficient (Wildman–Crippen LogP) is 4.15. The molecule has 2 aromatic heterocycles. The molecule has 0 unspecified atom stereocenters. The van der Waals surface area contributed by atoms with Crippen molar-refractivity contribution in [3.63, 3.8) is 0 Å². The van der Waals surface area contributed by atoms with Crippen LogP contribution in [0.5, 0.6) is 0 Å². The van der Waals surface area contributed by atoms with Crippen molar-refractivity contribution in [2.24, 2.45) is 0 Å². The number of aryl methyl sites for hydroxylation is 2. The van der Waals surface area contributed by atoms with Gasteiger partial charge in [0, 0.05) is 11.1 Å². The Kier molecular flexibility index (Phi) is 3.76. The van der Waals surface area contributed by atoms with Gasteiger partial charge in [0.2, 0.25) is 0 Å². The number of benzene rings is 1. The molecule has 0 radical (unpaired) electrons. The molecule has 0 aliphatic carbocycles. The number of imidazole rings is 1. The van der Waals surface area contributed by atoms with Crippen molar-refractivity contribution in [1.82, 2.24) is 14.5 Å². The number of aromatic nitrogens is 3. The molecule has 0 aliphatic rings. The minimum Gasteiger partial charge on any atom is -0.320 e. The molecular weight excluding hydrogens is 290 g/mol. The molecule has 0 saturated carbocycles. The van der Waals surface area contributed by atoms with Crippen LogP contribution in [0.4, 0.5) is 0 Å². The van der Waals surface area contributed by atoms with E-state index in [-0.39, 0.29) is 0 Å². The largest absolute Gasteiger partial charge is 0.320 e. The third-order valence-corrected chi connectivity index (χ3v) is 4.71. The fourth-order valence-corrected chi connectivity index (χ4v) is 3.34. The van der Waals surface area contributed by atoms with Crippen LogP contribution in [0.25, 0.3) is 11.0 Å². The van der Waals surface area contributed by atoms with E-state index in [1.54, 1.807) is 11.3 Å². The highest BCUT2D eigenvalue weighted by Gasteiger charge is 2.12. The summed E-state index contributed by atoms with van der Waals surface area (Å²) in [6, 6.07) is 6.32. The van der Waals surface area contributed by atoms with Gasteiger partial charge in [0.15, 0.2) is 0 Å². The summed E-state index contributed by atoms with van der Waals surface area (Å²) in [6.07, 6.45) is 2.99. The zero-order valence-corrected chi connectivity index (χ0v) is 13.1. The van der Waals surface area contributed by atoms with E-state index in [2.05, 4.69) is 46.6 Å². The van der Waals surface area contributed by atoms with Crippen molar-refractivity contribution in [2.45, 2.75) is 32.7 Å². The van der Waals surface area contributed by atoms with E-state index in [1.807, 2.05) is 6.20 Å². The van der Waals surface area contributed by atoms with E-state index >= 15 is 0 Å². The Balaban J connectivity index is 2.04. The minimum atomic E-state index is 0.416. The summed E-state index contributed by atoms with van der Waals surface area (Å²) in [6.45, 7) is 4.97. The van der Waals surface area contributed by atoms with Crippen LogP contribution < -0.4 is 0 Å². The molecule has 5 heteroatoms. The van der Waals surface area contributed by atoms with Gasteiger partial charge in [-0.25, -0.2) is 9.97 Å². The maximum Gasteiger partial charge on any atom is 0.125 e. The Bertz CT molecular complexity index is 745. The first kappa shape index (κ1) is 13.6. The number of fused-ring (bicyclic) bond motifs is 1. The van der Waals surface area contributed by atoms with Crippen LogP contribution in [-0.2, 0) is 18.8 Å². The highest BCUT2D eigenvalue weighted by atomic mass is 35.5. The molecule has 20 heavy (non-hydrogen) atoms. The van der Waals surface area contributed by atoms with Gasteiger partial charge in [-0.3, -0.25) is 0 Å². The van der Waals surface area contributed by atoms with Crippen LogP contribution in [0.1, 0.15) is 28.2 Å². The van der Waals surface area contributed by atoms with Crippen LogP contribution in [0.3, 0.4) is 0 Å². The zero-order chi connectivity index (χ0) is 14.1. The molecule has 3 aromatic rings. The van der Waals surface area contributed by atoms with Gasteiger partial charge in [0.1, 0.15) is 10.8 Å². The van der Waals surface area contributed by atoms with Crippen molar-refractivity contribution < 1.29 is 0 Å². The van der Waals surface area contributed by atoms with E-state index in [0.29, 0.717) is 5.88 Å². The van der Waals surface area contributed by atoms with Crippen LogP contribution >= 0.6 is 22.9 Å². The Morgan fingerprint density at radius 1 is 1.35 bits per heavy atom. The van der Waals surface area contributed by atoms with Gasteiger partial charge in [-0.15, -0.1) is 22.9 Å². The first-order valence-corrected chi connectivity index (χ1v) is 8.01. The van der Waals surface area contributed by atoms with Crippen molar-refractivity contribution in [3.8, 4) is 0 Å². The van der Waals surface area contributed by atoms with Gasteiger partial charge in [0.25, 0.3) is 0 Å². The molecule has 0 atom stereocenters. The molecule has 0 N–H and O–H groups in total. The first-order chi connectivity index (χ1) is 9.71. The fraction of sp³-hybridized carbons (Fsp3) is 0.333. The second-order valence-electron chi connectivity index (χ2n) is 4.81. The normalized spacial score (nSPS) is 11.3. The van der Waals surface area contributed by atoms with E-state index in [1.165, 1.54) is 10.4 Å². The number of hydrogen-bond donors (Lipinski definition) is 0. The maximum atomic E-state index is 6.04. The highest BCUT2D eigenvalue weighted by molar-refractivity contribution is 7.11. The number of nitrogens with zero attached hydrogens (tertiary/aromatic N) is 3. The Morgan fingerprint density at radius 2 is 2.20 bits per heavy atom. The van der Waals surface area contributed by atoms with E-state index in [0.717, 1.165) is 34.8 Å². The summed E-state index contributed by atoms with van der Waals surface area (Å²) in [5.74, 6) is 1.32. The molecule has 0 bridgehead atoms. The Labute approximate surface area is 127 Å². The van der Waals surface area contributed by atoms with Crippen LogP contribution in [-0.4, -0.2) is 14.5 Å². The van der Waals surface area contributed by atoms with Gasteiger partial charge in [-0.2, -0.15) is 0 Å². The predicted molar refractivity (Wildman–Crippen MR) is 84.6 cm³/mol. The quantitative estimate of drug-likeness (QED) is 0.678. The molecule has 0 aliphatic heterocycles. The zero-order valence-electron chi connectivity index (χ0n) is 11.6. The molecule has 3 nitrogen and oxygen atoms in total. The van der Waals surface area contributed by atoms with Gasteiger partial charge >= 0.3 is 0 Å². The lowest BCUT2D eigenvalue weighted by atomic mass is 10.2. The van der Waals surface area contributed by atoms with E-state index in [9.17, 15) is 0 Å². The topological polar surface area (TPSA) is 30.7 Å². The fourth-order valence-electron chi connectivity index (χ4n) is 2.29. The van der Waals surface area contributed by atoms with Gasteiger partial charge in [-0.1, -0.05) is 13.0 Å². The second-order valence-corrected chi connectivity index (χ2v) is 6.28. The highest BCUT2D eigenvalue weighted by Crippen LogP contribution is 2.22. The summed E-state index contributed by atoms with van der Waals surface area (Å²) in [4.78, 5) is 10.4. The molecule has 1 aromatic carbocycles. The van der Waals surface area contributed by atoms with E-state index < -0.39 is 0 Å². The van der Waals surface area contributed by atoms with Gasteiger partial charge < -0.3 is 4.57 Å². The molecule has 2 heterocycles. The molecular formula is C15H16ClN3S. The Morgan fingerprint density at radius 3 is 2.90 bits per heavy atom. The average molecular weight is 306 g/mol. The maximum absolute atomic E-state index is 6.04. The van der Waals surface area contributed by atoms with Crippen molar-refractivity contribution >= 4 is 34.0 Å². The van der Waals surface area contributed by atoms with E-state index in [4.69, 9.17) is 11.6 Å². The first-order valence-electron chi connectivity index (χ1n) is 6.66. The van der Waals surface area contributed by atoms with Crippen LogP contribution in [0, 0.1) is 6.92 Å². The number of halogens is 1. The summed E-state index contributed by atoms with van der Waals surface area (Å²) < 4.78 is 2.17. The molecule has 0 amide bonds. The minimum absolute atomic E-state index is 0.416. The lowest BCUT2D eigenvalue weighted by Gasteiger charge is -2.05. The van der Waals surface area contributed by atoms with Gasteiger partial charge in [-0.05, 0) is 31.0 Å². The lowest BCUT2D eigenvalue weighted by molar-refractivity contribution is 0.773. The molecule has 0 saturated heterocycles. The van der Waals surface area contributed by atoms with Crippen molar-refractivity contribution in [1.29, 1.82) is 0 Å². The number of hydrogen-bond acceptors (Lipinski definition) is 3. The lowest BCUT2D eigenvalue weighted by Crippen LogP contribution is -2.03. The number of thiazole rings is 1. The summed E-state index contributed by atoms with van der Waals surface area (Å²) in [5.41, 5.74) is 3.35. The molecule has 0 fully saturated rings. The van der Waals surface area contributed by atoms with Gasteiger partial charge in [0.05, 0.1) is 23.5 Å². The number of alkyl halides is 1. The monoisotopic (exact) mass is 305 g/mol. The SMILES string of the molecule is CCc1cnc(Cn2c(CCl)nc3cc(C)ccc32)s1. The summed E-state index contributed by atoms with van der Waals surface area (Å²) in [5, 5.41) is 1.10. The summed E-state index contributed by atoms with van der Waals surface area (Å²) >= 11 is 7.80. The third kappa shape index (κ3) is 2.45. The molecule has 104 valence electrons.